The first kappa shape index (κ1) is 21.7. The predicted octanol–water partition coefficient (Wildman–Crippen LogP) is 6.36. The van der Waals surface area contributed by atoms with Crippen molar-refractivity contribution in [1.29, 1.82) is 5.26 Å². The summed E-state index contributed by atoms with van der Waals surface area (Å²) in [5, 5.41) is 9.16. The van der Waals surface area contributed by atoms with Crippen LogP contribution in [0.4, 0.5) is 0 Å². The van der Waals surface area contributed by atoms with Crippen molar-refractivity contribution < 1.29 is 9.31 Å². The Morgan fingerprint density at radius 2 is 1.29 bits per heavy atom. The fourth-order valence-corrected chi connectivity index (χ4v) is 6.07. The van der Waals surface area contributed by atoms with Crippen molar-refractivity contribution in [2.24, 2.45) is 0 Å². The van der Waals surface area contributed by atoms with Gasteiger partial charge in [0.25, 0.3) is 0 Å². The molecule has 0 amide bonds. The Bertz CT molecular complexity index is 1310. The van der Waals surface area contributed by atoms with Gasteiger partial charge in [-0.2, -0.15) is 5.26 Å². The highest BCUT2D eigenvalue weighted by Gasteiger charge is 2.52. The first-order valence-corrected chi connectivity index (χ1v) is 12.4. The first-order valence-electron chi connectivity index (χ1n) is 12.4. The Morgan fingerprint density at radius 1 is 0.735 bits per heavy atom. The number of nitriles is 1. The summed E-state index contributed by atoms with van der Waals surface area (Å²) in [6, 6.07) is 23.9. The van der Waals surface area contributed by atoms with Crippen LogP contribution in [-0.4, -0.2) is 18.3 Å². The molecule has 1 saturated heterocycles. The van der Waals surface area contributed by atoms with Crippen molar-refractivity contribution in [3.8, 4) is 28.3 Å². The molecule has 0 N–H and O–H groups in total. The van der Waals surface area contributed by atoms with Gasteiger partial charge in [-0.05, 0) is 97.6 Å². The molecule has 0 aromatic heterocycles. The van der Waals surface area contributed by atoms with Crippen LogP contribution in [0.1, 0.15) is 70.1 Å². The molecule has 34 heavy (non-hydrogen) atoms. The zero-order valence-electron chi connectivity index (χ0n) is 20.4. The van der Waals surface area contributed by atoms with Crippen LogP contribution in [0.3, 0.4) is 0 Å². The highest BCUT2D eigenvalue weighted by atomic mass is 16.7. The maximum Gasteiger partial charge on any atom is 0.494 e. The summed E-state index contributed by atoms with van der Waals surface area (Å²) in [5.41, 5.74) is 9.14. The molecule has 4 heteroatoms. The van der Waals surface area contributed by atoms with Gasteiger partial charge in [-0.1, -0.05) is 55.3 Å². The Hall–Kier alpha value is -2.87. The third-order valence-corrected chi connectivity index (χ3v) is 8.71. The van der Waals surface area contributed by atoms with E-state index in [4.69, 9.17) is 14.6 Å². The Kier molecular flexibility index (Phi) is 4.66. The van der Waals surface area contributed by atoms with Crippen LogP contribution in [0.2, 0.25) is 0 Å². The summed E-state index contributed by atoms with van der Waals surface area (Å²) >= 11 is 0. The van der Waals surface area contributed by atoms with Gasteiger partial charge in [0, 0.05) is 5.41 Å². The molecule has 1 aliphatic heterocycles. The van der Waals surface area contributed by atoms with Crippen LogP contribution >= 0.6 is 0 Å². The van der Waals surface area contributed by atoms with Crippen molar-refractivity contribution in [2.75, 3.05) is 0 Å². The molecular formula is C30H30BNO2. The average Bonchev–Trinajstić information content (AvgIpc) is 3.48. The monoisotopic (exact) mass is 447 g/mol. The fourth-order valence-electron chi connectivity index (χ4n) is 6.07. The zero-order valence-corrected chi connectivity index (χ0v) is 20.4. The smallest absolute Gasteiger partial charge is 0.399 e. The van der Waals surface area contributed by atoms with Gasteiger partial charge in [-0.25, -0.2) is 0 Å². The van der Waals surface area contributed by atoms with Gasteiger partial charge in [0.05, 0.1) is 22.8 Å². The van der Waals surface area contributed by atoms with Gasteiger partial charge in [0.1, 0.15) is 0 Å². The lowest BCUT2D eigenvalue weighted by Crippen LogP contribution is -2.41. The standard InChI is InChI=1S/C30H30BNO2/c1-28(2)29(3,4)34-31(33-28)23-12-14-25-24-13-11-22(21-9-7-20(19-32)8-10-21)17-26(24)30(27(25)18-23)15-5-6-16-30/h7-14,17-18H,5-6,15-16H2,1-4H3. The molecule has 0 unspecified atom stereocenters. The topological polar surface area (TPSA) is 42.2 Å². The molecule has 3 aromatic carbocycles. The number of fused-ring (bicyclic) bond motifs is 5. The predicted molar refractivity (Wildman–Crippen MR) is 137 cm³/mol. The average molecular weight is 447 g/mol. The van der Waals surface area contributed by atoms with Crippen LogP contribution in [-0.2, 0) is 14.7 Å². The second kappa shape index (κ2) is 7.31. The van der Waals surface area contributed by atoms with Gasteiger partial charge in [-0.3, -0.25) is 0 Å². The van der Waals surface area contributed by atoms with E-state index in [1.54, 1.807) is 0 Å². The SMILES string of the molecule is CC1(C)OB(c2ccc3c(c2)C2(CCCC2)c2cc(-c4ccc(C#N)cc4)ccc2-3)OC1(C)C. The van der Waals surface area contributed by atoms with Crippen molar-refractivity contribution in [2.45, 2.75) is 70.0 Å². The highest BCUT2D eigenvalue weighted by Crippen LogP contribution is 2.57. The van der Waals surface area contributed by atoms with E-state index in [2.05, 4.69) is 82.3 Å². The molecule has 2 aliphatic carbocycles. The van der Waals surface area contributed by atoms with Gasteiger partial charge in [0.15, 0.2) is 0 Å². The summed E-state index contributed by atoms with van der Waals surface area (Å²) in [5.74, 6) is 0. The molecule has 170 valence electrons. The quantitative estimate of drug-likeness (QED) is 0.429. The van der Waals surface area contributed by atoms with E-state index in [1.807, 2.05) is 12.1 Å². The maximum atomic E-state index is 9.16. The van der Waals surface area contributed by atoms with Gasteiger partial charge >= 0.3 is 7.12 Å². The molecule has 0 atom stereocenters. The molecule has 1 saturated carbocycles. The number of nitrogens with zero attached hydrogens (tertiary/aromatic N) is 1. The van der Waals surface area contributed by atoms with Crippen molar-refractivity contribution in [1.82, 2.24) is 0 Å². The highest BCUT2D eigenvalue weighted by molar-refractivity contribution is 6.62. The minimum absolute atomic E-state index is 0.0624. The lowest BCUT2D eigenvalue weighted by Gasteiger charge is -2.32. The Labute approximate surface area is 202 Å². The van der Waals surface area contributed by atoms with Gasteiger partial charge < -0.3 is 9.31 Å². The van der Waals surface area contributed by atoms with Crippen LogP contribution in [0.5, 0.6) is 0 Å². The summed E-state index contributed by atoms with van der Waals surface area (Å²) in [6.07, 6.45) is 4.86. The second-order valence-electron chi connectivity index (χ2n) is 11.1. The second-order valence-corrected chi connectivity index (χ2v) is 11.1. The number of rotatable bonds is 2. The van der Waals surface area contributed by atoms with E-state index in [-0.39, 0.29) is 23.7 Å². The third-order valence-electron chi connectivity index (χ3n) is 8.71. The van der Waals surface area contributed by atoms with Gasteiger partial charge in [-0.15, -0.1) is 0 Å². The molecule has 3 aliphatic rings. The van der Waals surface area contributed by atoms with Crippen LogP contribution in [0, 0.1) is 11.3 Å². The minimum Gasteiger partial charge on any atom is -0.399 e. The summed E-state index contributed by atoms with van der Waals surface area (Å²) in [7, 11) is -0.341. The normalized spacial score (nSPS) is 20.9. The molecule has 3 nitrogen and oxygen atoms in total. The van der Waals surface area contributed by atoms with Crippen LogP contribution in [0.25, 0.3) is 22.3 Å². The van der Waals surface area contributed by atoms with E-state index < -0.39 is 0 Å². The summed E-state index contributed by atoms with van der Waals surface area (Å²) in [6.45, 7) is 8.44. The summed E-state index contributed by atoms with van der Waals surface area (Å²) < 4.78 is 12.8. The van der Waals surface area contributed by atoms with Crippen LogP contribution < -0.4 is 5.46 Å². The Balaban J connectivity index is 1.44. The van der Waals surface area contributed by atoms with Crippen molar-refractivity contribution >= 4 is 12.6 Å². The molecule has 2 fully saturated rings. The zero-order chi connectivity index (χ0) is 23.7. The molecule has 1 heterocycles. The largest absolute Gasteiger partial charge is 0.494 e. The molecule has 0 bridgehead atoms. The number of hydrogen-bond acceptors (Lipinski definition) is 3. The lowest BCUT2D eigenvalue weighted by atomic mass is 9.72. The van der Waals surface area contributed by atoms with E-state index in [0.29, 0.717) is 5.56 Å². The third kappa shape index (κ3) is 3.04. The van der Waals surface area contributed by atoms with Crippen molar-refractivity contribution in [3.63, 3.8) is 0 Å². The molecule has 1 spiro atoms. The van der Waals surface area contributed by atoms with Crippen molar-refractivity contribution in [3.05, 3.63) is 77.4 Å². The lowest BCUT2D eigenvalue weighted by molar-refractivity contribution is 0.00578. The van der Waals surface area contributed by atoms with E-state index in [9.17, 15) is 0 Å². The Morgan fingerprint density at radius 3 is 1.91 bits per heavy atom. The molecule has 3 aromatic rings. The van der Waals surface area contributed by atoms with Gasteiger partial charge in [0.2, 0.25) is 0 Å². The van der Waals surface area contributed by atoms with E-state index in [0.717, 1.165) is 11.0 Å². The van der Waals surface area contributed by atoms with Crippen LogP contribution in [0.15, 0.2) is 60.7 Å². The molecule has 6 rings (SSSR count). The first-order chi connectivity index (χ1) is 16.2. The number of benzene rings is 3. The fraction of sp³-hybridized carbons (Fsp3) is 0.367. The van der Waals surface area contributed by atoms with E-state index in [1.165, 1.54) is 53.5 Å². The summed E-state index contributed by atoms with van der Waals surface area (Å²) in [4.78, 5) is 0. The maximum absolute atomic E-state index is 9.16. The molecular weight excluding hydrogens is 417 g/mol. The van der Waals surface area contributed by atoms with E-state index >= 15 is 0 Å². The molecule has 0 radical (unpaired) electrons. The minimum atomic E-state index is -0.347. The number of hydrogen-bond donors (Lipinski definition) is 0.